The van der Waals surface area contributed by atoms with Gasteiger partial charge in [-0.3, -0.25) is 0 Å². The molecule has 1 aliphatic carbocycles. The Kier molecular flexibility index (Phi) is 13.0. The van der Waals surface area contributed by atoms with Gasteiger partial charge in [0, 0.05) is 32.5 Å². The van der Waals surface area contributed by atoms with Gasteiger partial charge < -0.3 is 14.4 Å². The molecular weight excluding hydrogens is 877 g/mol. The van der Waals surface area contributed by atoms with Gasteiger partial charge in [-0.2, -0.15) is 0 Å². The predicted octanol–water partition coefficient (Wildman–Crippen LogP) is 13.8. The summed E-state index contributed by atoms with van der Waals surface area (Å²) >= 11 is 0. The molecule has 8 rings (SSSR count). The van der Waals surface area contributed by atoms with Crippen LogP contribution in [0, 0.1) is 18.1 Å². The molecule has 1 radical (unpaired) electrons. The van der Waals surface area contributed by atoms with E-state index in [-0.39, 0.29) is 25.5 Å². The second-order valence-electron chi connectivity index (χ2n) is 17.8. The Morgan fingerprint density at radius 2 is 1.55 bits per heavy atom. The van der Waals surface area contributed by atoms with Crippen molar-refractivity contribution in [2.24, 2.45) is 5.92 Å². The molecule has 7 aromatic rings. The smallest absolute Gasteiger partial charge is 0.124 e. The third kappa shape index (κ3) is 9.51. The number of benzene rings is 4. The van der Waals surface area contributed by atoms with E-state index in [1.54, 1.807) is 10.8 Å². The summed E-state index contributed by atoms with van der Waals surface area (Å²) in [5.41, 5.74) is 12.4. The standard InChI is InChI=1S/C30H28NO.C21H28NSi.Ir/c1-19(2)21-15-16-31-26(17-21)22-11-14-25-28(18-22)32-27-8-6-7-24(29(25)27)20-9-12-23(13-10-20)30(3,4)5;1-23(2,3)21-16-22-20(18-12-8-5-9-13-18)15-19(21)14-17-10-6-4-7-11-17;/h6-17,19H,1-5H3;5,8-9,12,15-17H,4,6-7,10-11,14H2,1-3H3;/q2*-1;. The van der Waals surface area contributed by atoms with Crippen molar-refractivity contribution in [2.45, 2.75) is 104 Å². The Hall–Kier alpha value is -4.15. The van der Waals surface area contributed by atoms with Crippen LogP contribution in [0.4, 0.5) is 0 Å². The largest absolute Gasteiger partial charge is 0.477 e. The third-order valence-electron chi connectivity index (χ3n) is 11.2. The summed E-state index contributed by atoms with van der Waals surface area (Å²) in [4.78, 5) is 9.35. The van der Waals surface area contributed by atoms with Crippen molar-refractivity contribution in [2.75, 3.05) is 0 Å². The van der Waals surface area contributed by atoms with Crippen LogP contribution in [0.15, 0.2) is 114 Å². The van der Waals surface area contributed by atoms with E-state index in [0.29, 0.717) is 5.92 Å². The molecule has 4 aromatic carbocycles. The van der Waals surface area contributed by atoms with Gasteiger partial charge in [0.25, 0.3) is 0 Å². The van der Waals surface area contributed by atoms with Gasteiger partial charge in [-0.15, -0.1) is 53.6 Å². The minimum Gasteiger partial charge on any atom is -0.477 e. The van der Waals surface area contributed by atoms with Crippen LogP contribution in [0.1, 0.15) is 89.3 Å². The van der Waals surface area contributed by atoms with E-state index < -0.39 is 8.07 Å². The molecular formula is C51H56IrN2OSi-2. The van der Waals surface area contributed by atoms with Gasteiger partial charge in [-0.05, 0) is 74.5 Å². The molecule has 5 heteroatoms. The Balaban J connectivity index is 0.000000197. The van der Waals surface area contributed by atoms with Gasteiger partial charge in [0.15, 0.2) is 0 Å². The summed E-state index contributed by atoms with van der Waals surface area (Å²) in [7, 11) is -1.36. The first-order valence-electron chi connectivity index (χ1n) is 20.3. The molecule has 1 saturated carbocycles. The van der Waals surface area contributed by atoms with Crippen molar-refractivity contribution >= 4 is 35.2 Å². The fourth-order valence-corrected chi connectivity index (χ4v) is 9.58. The number of furan rings is 1. The number of nitrogens with zero attached hydrogens (tertiary/aromatic N) is 2. The number of pyridine rings is 2. The zero-order valence-electron chi connectivity index (χ0n) is 34.4. The topological polar surface area (TPSA) is 38.9 Å². The molecule has 3 aromatic heterocycles. The van der Waals surface area contributed by atoms with Crippen LogP contribution in [0.3, 0.4) is 0 Å². The van der Waals surface area contributed by atoms with Crippen LogP contribution in [-0.4, -0.2) is 18.0 Å². The molecule has 3 heterocycles. The quantitative estimate of drug-likeness (QED) is 0.118. The van der Waals surface area contributed by atoms with Crippen molar-refractivity contribution in [1.29, 1.82) is 0 Å². The molecule has 0 bridgehead atoms. The van der Waals surface area contributed by atoms with Crippen molar-refractivity contribution in [3.63, 3.8) is 0 Å². The summed E-state index contributed by atoms with van der Waals surface area (Å²) in [6, 6.07) is 41.0. The average molecular weight is 933 g/mol. The first kappa shape index (κ1) is 41.5. The first-order chi connectivity index (χ1) is 26.3. The van der Waals surface area contributed by atoms with Crippen LogP contribution < -0.4 is 5.19 Å². The van der Waals surface area contributed by atoms with Crippen molar-refractivity contribution in [3.05, 3.63) is 138 Å². The molecule has 1 fully saturated rings. The van der Waals surface area contributed by atoms with Crippen LogP contribution >= 0.6 is 0 Å². The summed E-state index contributed by atoms with van der Waals surface area (Å²) in [6.45, 7) is 18.4. The van der Waals surface area contributed by atoms with Gasteiger partial charge in [-0.25, -0.2) is 0 Å². The fourth-order valence-electron chi connectivity index (χ4n) is 7.99. The van der Waals surface area contributed by atoms with E-state index in [0.717, 1.165) is 50.4 Å². The molecule has 0 unspecified atom stereocenters. The molecule has 1 aliphatic rings. The predicted molar refractivity (Wildman–Crippen MR) is 236 cm³/mol. The van der Waals surface area contributed by atoms with Gasteiger partial charge in [0.2, 0.25) is 0 Å². The van der Waals surface area contributed by atoms with Crippen molar-refractivity contribution in [3.8, 4) is 33.6 Å². The average Bonchev–Trinajstić information content (AvgIpc) is 3.56. The Bertz CT molecular complexity index is 2380. The number of hydrogen-bond donors (Lipinski definition) is 0. The van der Waals surface area contributed by atoms with Gasteiger partial charge >= 0.3 is 0 Å². The van der Waals surface area contributed by atoms with E-state index in [2.05, 4.69) is 156 Å². The van der Waals surface area contributed by atoms with E-state index >= 15 is 0 Å². The van der Waals surface area contributed by atoms with E-state index in [1.807, 2.05) is 24.4 Å². The molecule has 291 valence electrons. The molecule has 0 amide bonds. The van der Waals surface area contributed by atoms with Crippen LogP contribution in [0.5, 0.6) is 0 Å². The maximum absolute atomic E-state index is 6.25. The number of aromatic nitrogens is 2. The molecule has 0 saturated heterocycles. The molecule has 0 N–H and O–H groups in total. The second kappa shape index (κ2) is 17.5. The first-order valence-corrected chi connectivity index (χ1v) is 23.8. The summed E-state index contributed by atoms with van der Waals surface area (Å²) < 4.78 is 6.25. The maximum Gasteiger partial charge on any atom is 0.124 e. The van der Waals surface area contributed by atoms with E-state index in [1.165, 1.54) is 60.8 Å². The van der Waals surface area contributed by atoms with Crippen molar-refractivity contribution in [1.82, 2.24) is 9.97 Å². The van der Waals surface area contributed by atoms with Crippen LogP contribution in [-0.2, 0) is 31.9 Å². The zero-order valence-corrected chi connectivity index (χ0v) is 37.8. The molecule has 0 atom stereocenters. The fraction of sp³-hybridized carbons (Fsp3) is 0.333. The normalized spacial score (nSPS) is 13.7. The molecule has 0 aliphatic heterocycles. The summed E-state index contributed by atoms with van der Waals surface area (Å²) in [5, 5.41) is 3.76. The summed E-state index contributed by atoms with van der Waals surface area (Å²) in [5.74, 6) is 1.33. The summed E-state index contributed by atoms with van der Waals surface area (Å²) in [6.07, 6.45) is 12.3. The number of hydrogen-bond acceptors (Lipinski definition) is 3. The maximum atomic E-state index is 6.25. The van der Waals surface area contributed by atoms with Crippen LogP contribution in [0.2, 0.25) is 19.6 Å². The molecule has 0 spiro atoms. The Labute approximate surface area is 349 Å². The van der Waals surface area contributed by atoms with Gasteiger partial charge in [-0.1, -0.05) is 157 Å². The monoisotopic (exact) mass is 933 g/mol. The molecule has 3 nitrogen and oxygen atoms in total. The van der Waals surface area contributed by atoms with Gasteiger partial charge in [0.1, 0.15) is 5.58 Å². The van der Waals surface area contributed by atoms with Gasteiger partial charge in [0.05, 0.1) is 13.7 Å². The van der Waals surface area contributed by atoms with E-state index in [4.69, 9.17) is 9.40 Å². The van der Waals surface area contributed by atoms with Crippen LogP contribution in [0.25, 0.3) is 55.6 Å². The minimum atomic E-state index is -1.36. The third-order valence-corrected chi connectivity index (χ3v) is 13.3. The minimum absolute atomic E-state index is 0. The van der Waals surface area contributed by atoms with Crippen molar-refractivity contribution < 1.29 is 24.5 Å². The Morgan fingerprint density at radius 3 is 2.23 bits per heavy atom. The number of fused-ring (bicyclic) bond motifs is 3. The number of rotatable bonds is 7. The molecule has 56 heavy (non-hydrogen) atoms. The SMILES string of the molecule is CC(C)c1ccnc(-c2[c-]c3oc4cccc(-c5ccc(C(C)(C)C)cc5)c4c3cc2)c1.C[Si](C)(C)c1cnc(-c2[c-]cccc2)cc1CC1CCCCC1.[Ir]. The Morgan fingerprint density at radius 1 is 0.804 bits per heavy atom. The zero-order chi connectivity index (χ0) is 38.7. The second-order valence-corrected chi connectivity index (χ2v) is 22.9. The van der Waals surface area contributed by atoms with E-state index in [9.17, 15) is 0 Å².